The quantitative estimate of drug-likeness (QED) is 0.705. The highest BCUT2D eigenvalue weighted by Crippen LogP contribution is 2.23. The molecular formula is C10H20N2O2. The largest absolute Gasteiger partial charge is 0.349 e. The molecule has 14 heavy (non-hydrogen) atoms. The molecule has 2 saturated heterocycles. The van der Waals surface area contributed by atoms with Crippen LogP contribution in [0.5, 0.6) is 0 Å². The molecule has 0 radical (unpaired) electrons. The van der Waals surface area contributed by atoms with E-state index in [1.165, 1.54) is 19.3 Å². The smallest absolute Gasteiger partial charge is 0.173 e. The summed E-state index contributed by atoms with van der Waals surface area (Å²) >= 11 is 0. The van der Waals surface area contributed by atoms with E-state index in [4.69, 9.17) is 15.2 Å². The van der Waals surface area contributed by atoms with Crippen molar-refractivity contribution in [1.82, 2.24) is 4.90 Å². The summed E-state index contributed by atoms with van der Waals surface area (Å²) in [7, 11) is 0. The van der Waals surface area contributed by atoms with Crippen LogP contribution in [0.1, 0.15) is 19.3 Å². The molecule has 0 amide bonds. The van der Waals surface area contributed by atoms with E-state index in [1.54, 1.807) is 0 Å². The van der Waals surface area contributed by atoms with Gasteiger partial charge in [0.25, 0.3) is 0 Å². The molecule has 0 spiro atoms. The molecule has 2 aliphatic heterocycles. The maximum absolute atomic E-state index is 5.60. The van der Waals surface area contributed by atoms with E-state index in [0.29, 0.717) is 6.04 Å². The zero-order valence-corrected chi connectivity index (χ0v) is 8.65. The average molecular weight is 200 g/mol. The van der Waals surface area contributed by atoms with Crippen LogP contribution in [0.2, 0.25) is 0 Å². The van der Waals surface area contributed by atoms with E-state index >= 15 is 0 Å². The molecule has 0 aromatic carbocycles. The van der Waals surface area contributed by atoms with Crippen LogP contribution in [0.25, 0.3) is 0 Å². The number of hydrogen-bond acceptors (Lipinski definition) is 4. The molecule has 0 aliphatic carbocycles. The second-order valence-corrected chi connectivity index (χ2v) is 4.00. The molecule has 1 atom stereocenters. The molecule has 0 aromatic heterocycles. The lowest BCUT2D eigenvalue weighted by Crippen LogP contribution is -2.48. The first-order valence-corrected chi connectivity index (χ1v) is 5.59. The summed E-state index contributed by atoms with van der Waals surface area (Å²) in [6.45, 7) is 4.33. The summed E-state index contributed by atoms with van der Waals surface area (Å²) < 4.78 is 11.1. The van der Waals surface area contributed by atoms with Crippen molar-refractivity contribution in [3.63, 3.8) is 0 Å². The zero-order chi connectivity index (χ0) is 9.80. The van der Waals surface area contributed by atoms with Crippen molar-refractivity contribution in [3.8, 4) is 0 Å². The van der Waals surface area contributed by atoms with Gasteiger partial charge in [0.15, 0.2) is 6.29 Å². The molecule has 2 rings (SSSR count). The van der Waals surface area contributed by atoms with Gasteiger partial charge in [-0.1, -0.05) is 6.42 Å². The molecule has 4 heteroatoms. The van der Waals surface area contributed by atoms with E-state index in [1.807, 2.05) is 0 Å². The van der Waals surface area contributed by atoms with Crippen LogP contribution in [0.3, 0.4) is 0 Å². The summed E-state index contributed by atoms with van der Waals surface area (Å²) in [5.41, 5.74) is 5.60. The second kappa shape index (κ2) is 5.07. The summed E-state index contributed by atoms with van der Waals surface area (Å²) in [6, 6.07) is 0.440. The first-order chi connectivity index (χ1) is 6.92. The molecule has 0 aromatic rings. The van der Waals surface area contributed by atoms with E-state index in [-0.39, 0.29) is 6.29 Å². The third-order valence-corrected chi connectivity index (χ3v) is 3.04. The zero-order valence-electron chi connectivity index (χ0n) is 8.65. The lowest BCUT2D eigenvalue weighted by atomic mass is 10.0. The Morgan fingerprint density at radius 3 is 2.71 bits per heavy atom. The summed E-state index contributed by atoms with van der Waals surface area (Å²) in [5, 5.41) is 0. The lowest BCUT2D eigenvalue weighted by molar-refractivity contribution is -0.108. The van der Waals surface area contributed by atoms with Crippen LogP contribution in [0, 0.1) is 0 Å². The number of nitrogens with two attached hydrogens (primary N) is 1. The van der Waals surface area contributed by atoms with Crippen molar-refractivity contribution in [2.75, 3.05) is 32.8 Å². The molecule has 4 nitrogen and oxygen atoms in total. The van der Waals surface area contributed by atoms with Crippen molar-refractivity contribution < 1.29 is 9.47 Å². The van der Waals surface area contributed by atoms with Crippen LogP contribution >= 0.6 is 0 Å². The Hall–Kier alpha value is -0.160. The van der Waals surface area contributed by atoms with Gasteiger partial charge in [0.05, 0.1) is 19.3 Å². The molecule has 0 bridgehead atoms. The average Bonchev–Trinajstić information content (AvgIpc) is 2.72. The molecule has 0 saturated carbocycles. The van der Waals surface area contributed by atoms with Crippen molar-refractivity contribution in [2.45, 2.75) is 31.6 Å². The van der Waals surface area contributed by atoms with Crippen molar-refractivity contribution in [3.05, 3.63) is 0 Å². The maximum Gasteiger partial charge on any atom is 0.173 e. The second-order valence-electron chi connectivity index (χ2n) is 4.00. The van der Waals surface area contributed by atoms with Crippen LogP contribution in [-0.2, 0) is 9.47 Å². The van der Waals surface area contributed by atoms with Crippen LogP contribution < -0.4 is 5.73 Å². The van der Waals surface area contributed by atoms with Gasteiger partial charge in [0, 0.05) is 13.1 Å². The van der Waals surface area contributed by atoms with Gasteiger partial charge in [-0.2, -0.15) is 0 Å². The minimum Gasteiger partial charge on any atom is -0.349 e. The topological polar surface area (TPSA) is 47.7 Å². The third-order valence-electron chi connectivity index (χ3n) is 3.04. The lowest BCUT2D eigenvalue weighted by Gasteiger charge is -2.37. The summed E-state index contributed by atoms with van der Waals surface area (Å²) in [4.78, 5) is 2.42. The van der Waals surface area contributed by atoms with Crippen molar-refractivity contribution >= 4 is 0 Å². The highest BCUT2D eigenvalue weighted by Gasteiger charge is 2.32. The first kappa shape index (κ1) is 10.4. The van der Waals surface area contributed by atoms with Gasteiger partial charge in [0.2, 0.25) is 0 Å². The predicted molar refractivity (Wildman–Crippen MR) is 54.0 cm³/mol. The minimum absolute atomic E-state index is 0.00171. The number of nitrogens with zero attached hydrogens (tertiary/aromatic N) is 1. The van der Waals surface area contributed by atoms with Gasteiger partial charge in [0.1, 0.15) is 0 Å². The van der Waals surface area contributed by atoms with Gasteiger partial charge in [-0.3, -0.25) is 4.90 Å². The Labute approximate surface area is 85.3 Å². The molecule has 2 aliphatic rings. The fourth-order valence-electron chi connectivity index (χ4n) is 2.37. The van der Waals surface area contributed by atoms with Crippen molar-refractivity contribution in [1.29, 1.82) is 0 Å². The van der Waals surface area contributed by atoms with Gasteiger partial charge < -0.3 is 15.2 Å². The monoisotopic (exact) mass is 200 g/mol. The molecular weight excluding hydrogens is 180 g/mol. The van der Waals surface area contributed by atoms with Gasteiger partial charge in [-0.15, -0.1) is 0 Å². The van der Waals surface area contributed by atoms with Gasteiger partial charge >= 0.3 is 0 Å². The van der Waals surface area contributed by atoms with Crippen molar-refractivity contribution in [2.24, 2.45) is 5.73 Å². The van der Waals surface area contributed by atoms with Crippen LogP contribution in [0.15, 0.2) is 0 Å². The van der Waals surface area contributed by atoms with E-state index in [2.05, 4.69) is 4.90 Å². The summed E-state index contributed by atoms with van der Waals surface area (Å²) in [5.74, 6) is 0. The predicted octanol–water partition coefficient (Wildman–Crippen LogP) is 0.172. The number of ether oxygens (including phenoxy) is 2. The molecule has 1 unspecified atom stereocenters. The maximum atomic E-state index is 5.60. The highest BCUT2D eigenvalue weighted by molar-refractivity contribution is 4.81. The number of hydrogen-bond donors (Lipinski definition) is 1. The standard InChI is InChI=1S/C10H20N2O2/c11-4-6-12-5-2-1-3-9(12)10-13-7-8-14-10/h9-10H,1-8,11H2. The third kappa shape index (κ3) is 2.25. The SMILES string of the molecule is NCCN1CCCCC1C1OCCO1. The Balaban J connectivity index is 1.91. The molecule has 82 valence electrons. The fraction of sp³-hybridized carbons (Fsp3) is 1.00. The Kier molecular flexibility index (Phi) is 3.75. The fourth-order valence-corrected chi connectivity index (χ4v) is 2.37. The minimum atomic E-state index is 0.00171. The molecule has 2 fully saturated rings. The van der Waals surface area contributed by atoms with Gasteiger partial charge in [-0.05, 0) is 19.4 Å². The van der Waals surface area contributed by atoms with E-state index < -0.39 is 0 Å². The van der Waals surface area contributed by atoms with E-state index in [0.717, 1.165) is 32.8 Å². The number of piperidine rings is 1. The normalized spacial score (nSPS) is 31.1. The van der Waals surface area contributed by atoms with Crippen LogP contribution in [0.4, 0.5) is 0 Å². The Morgan fingerprint density at radius 2 is 2.00 bits per heavy atom. The summed E-state index contributed by atoms with van der Waals surface area (Å²) in [6.07, 6.45) is 3.75. The first-order valence-electron chi connectivity index (χ1n) is 5.59. The van der Waals surface area contributed by atoms with E-state index in [9.17, 15) is 0 Å². The highest BCUT2D eigenvalue weighted by atomic mass is 16.7. The Morgan fingerprint density at radius 1 is 1.21 bits per heavy atom. The van der Waals surface area contributed by atoms with Gasteiger partial charge in [-0.25, -0.2) is 0 Å². The molecule has 2 N–H and O–H groups in total. The van der Waals surface area contributed by atoms with Crippen LogP contribution in [-0.4, -0.2) is 50.1 Å². The molecule has 2 heterocycles. The number of likely N-dealkylation sites (tertiary alicyclic amines) is 1. The Bertz CT molecular complexity index is 170. The number of rotatable bonds is 3.